The van der Waals surface area contributed by atoms with Crippen LogP contribution in [0.2, 0.25) is 0 Å². The molecule has 4 rings (SSSR count). The monoisotopic (exact) mass is 361 g/mol. The minimum atomic E-state index is -0.119. The van der Waals surface area contributed by atoms with Crippen molar-refractivity contribution in [3.05, 3.63) is 81.3 Å². The highest BCUT2D eigenvalue weighted by Crippen LogP contribution is 2.23. The number of anilines is 1. The van der Waals surface area contributed by atoms with Crippen LogP contribution in [-0.4, -0.2) is 26.5 Å². The predicted molar refractivity (Wildman–Crippen MR) is 105 cm³/mol. The van der Waals surface area contributed by atoms with Crippen molar-refractivity contribution >= 4 is 5.95 Å². The Hall–Kier alpha value is -3.02. The number of hydrogen-bond donors (Lipinski definition) is 2. The van der Waals surface area contributed by atoms with Gasteiger partial charge in [0.25, 0.3) is 5.56 Å². The summed E-state index contributed by atoms with van der Waals surface area (Å²) in [4.78, 5) is 28.1. The van der Waals surface area contributed by atoms with E-state index in [1.807, 2.05) is 18.3 Å². The Bertz CT molecular complexity index is 968. The third kappa shape index (κ3) is 4.22. The maximum absolute atomic E-state index is 12.3. The summed E-state index contributed by atoms with van der Waals surface area (Å²) in [5, 5.41) is 3.21. The van der Waals surface area contributed by atoms with E-state index in [9.17, 15) is 4.79 Å². The molecule has 0 unspecified atom stereocenters. The fourth-order valence-corrected chi connectivity index (χ4v) is 3.61. The predicted octanol–water partition coefficient (Wildman–Crippen LogP) is 2.68. The molecule has 3 heterocycles. The number of aromatic nitrogens is 4. The standard InChI is InChI=1S/C21H23N5O/c27-20-17(12-15-4-3-9-22-13-15)14-25-21(26-20)24-11-8-19-18-6-2-1-5-16(18)7-10-23-19/h3-4,7,9-10,13-14H,1-2,5-6,8,11-12H2,(H2,24,25,26,27). The molecule has 138 valence electrons. The zero-order valence-corrected chi connectivity index (χ0v) is 15.2. The molecule has 0 amide bonds. The van der Waals surface area contributed by atoms with Gasteiger partial charge in [0.15, 0.2) is 0 Å². The summed E-state index contributed by atoms with van der Waals surface area (Å²) in [6, 6.07) is 5.96. The number of pyridine rings is 2. The van der Waals surface area contributed by atoms with Crippen LogP contribution in [0.4, 0.5) is 5.95 Å². The van der Waals surface area contributed by atoms with E-state index < -0.39 is 0 Å². The van der Waals surface area contributed by atoms with Crippen LogP contribution in [0, 0.1) is 0 Å². The number of aromatic amines is 1. The van der Waals surface area contributed by atoms with Gasteiger partial charge in [0, 0.05) is 55.4 Å². The van der Waals surface area contributed by atoms with Crippen LogP contribution in [0.5, 0.6) is 0 Å². The van der Waals surface area contributed by atoms with E-state index in [0.717, 1.165) is 30.5 Å². The molecule has 2 N–H and O–H groups in total. The van der Waals surface area contributed by atoms with Gasteiger partial charge in [-0.25, -0.2) is 4.98 Å². The highest BCUT2D eigenvalue weighted by Gasteiger charge is 2.13. The molecule has 27 heavy (non-hydrogen) atoms. The lowest BCUT2D eigenvalue weighted by Crippen LogP contribution is -2.19. The van der Waals surface area contributed by atoms with Gasteiger partial charge in [-0.05, 0) is 54.5 Å². The van der Waals surface area contributed by atoms with E-state index in [0.29, 0.717) is 24.5 Å². The van der Waals surface area contributed by atoms with Crippen molar-refractivity contribution < 1.29 is 0 Å². The average molecular weight is 361 g/mol. The Labute approximate surface area is 158 Å². The number of fused-ring (bicyclic) bond motifs is 1. The molecule has 0 bridgehead atoms. The van der Waals surface area contributed by atoms with E-state index in [1.165, 1.54) is 24.0 Å². The van der Waals surface area contributed by atoms with Crippen molar-refractivity contribution in [1.29, 1.82) is 0 Å². The number of rotatable bonds is 6. The quantitative estimate of drug-likeness (QED) is 0.705. The number of hydrogen-bond acceptors (Lipinski definition) is 5. The van der Waals surface area contributed by atoms with Crippen LogP contribution in [-0.2, 0) is 25.7 Å². The highest BCUT2D eigenvalue weighted by molar-refractivity contribution is 5.33. The van der Waals surface area contributed by atoms with Gasteiger partial charge < -0.3 is 5.32 Å². The number of nitrogens with zero attached hydrogens (tertiary/aromatic N) is 3. The van der Waals surface area contributed by atoms with Crippen molar-refractivity contribution in [3.63, 3.8) is 0 Å². The van der Waals surface area contributed by atoms with E-state index in [1.54, 1.807) is 18.6 Å². The Morgan fingerprint density at radius 3 is 2.85 bits per heavy atom. The van der Waals surface area contributed by atoms with Crippen molar-refractivity contribution in [2.24, 2.45) is 0 Å². The van der Waals surface area contributed by atoms with Crippen LogP contribution in [0.25, 0.3) is 0 Å². The fourth-order valence-electron chi connectivity index (χ4n) is 3.61. The Morgan fingerprint density at radius 1 is 1.07 bits per heavy atom. The molecule has 0 saturated heterocycles. The van der Waals surface area contributed by atoms with Crippen LogP contribution in [0.1, 0.15) is 40.8 Å². The summed E-state index contributed by atoms with van der Waals surface area (Å²) in [6.07, 6.45) is 13.2. The largest absolute Gasteiger partial charge is 0.355 e. The molecular formula is C21H23N5O. The van der Waals surface area contributed by atoms with E-state index in [-0.39, 0.29) is 5.56 Å². The van der Waals surface area contributed by atoms with Crippen LogP contribution in [0.3, 0.4) is 0 Å². The maximum Gasteiger partial charge on any atom is 0.255 e. The van der Waals surface area contributed by atoms with Crippen LogP contribution in [0.15, 0.2) is 47.8 Å². The van der Waals surface area contributed by atoms with Crippen molar-refractivity contribution in [2.75, 3.05) is 11.9 Å². The molecule has 6 heteroatoms. The van der Waals surface area contributed by atoms with Gasteiger partial charge in [-0.3, -0.25) is 19.7 Å². The summed E-state index contributed by atoms with van der Waals surface area (Å²) in [5.41, 5.74) is 5.52. The second kappa shape index (κ2) is 8.12. The second-order valence-corrected chi connectivity index (χ2v) is 6.90. The molecule has 0 aliphatic heterocycles. The van der Waals surface area contributed by atoms with Gasteiger partial charge in [0.05, 0.1) is 0 Å². The van der Waals surface area contributed by atoms with Gasteiger partial charge in [-0.1, -0.05) is 6.07 Å². The summed E-state index contributed by atoms with van der Waals surface area (Å²) in [6.45, 7) is 0.689. The maximum atomic E-state index is 12.3. The van der Waals surface area contributed by atoms with Crippen molar-refractivity contribution in [2.45, 2.75) is 38.5 Å². The molecule has 0 saturated carbocycles. The third-order valence-electron chi connectivity index (χ3n) is 5.01. The molecule has 0 aromatic carbocycles. The minimum absolute atomic E-state index is 0.119. The molecule has 1 aliphatic rings. The van der Waals surface area contributed by atoms with Gasteiger partial charge in [0.2, 0.25) is 5.95 Å². The Morgan fingerprint density at radius 2 is 2.00 bits per heavy atom. The van der Waals surface area contributed by atoms with E-state index in [4.69, 9.17) is 0 Å². The molecule has 0 atom stereocenters. The lowest BCUT2D eigenvalue weighted by atomic mass is 9.90. The molecule has 0 spiro atoms. The second-order valence-electron chi connectivity index (χ2n) is 6.90. The molecule has 1 aliphatic carbocycles. The highest BCUT2D eigenvalue weighted by atomic mass is 16.1. The Balaban J connectivity index is 1.38. The first kappa shape index (κ1) is 17.4. The molecular weight excluding hydrogens is 338 g/mol. The number of H-pyrrole nitrogens is 1. The molecule has 0 radical (unpaired) electrons. The zero-order chi connectivity index (χ0) is 18.5. The van der Waals surface area contributed by atoms with Crippen molar-refractivity contribution in [1.82, 2.24) is 19.9 Å². The van der Waals surface area contributed by atoms with E-state index >= 15 is 0 Å². The van der Waals surface area contributed by atoms with Crippen LogP contribution < -0.4 is 10.9 Å². The number of aryl methyl sites for hydroxylation is 1. The summed E-state index contributed by atoms with van der Waals surface area (Å²) in [5.74, 6) is 0.500. The smallest absolute Gasteiger partial charge is 0.255 e. The molecule has 6 nitrogen and oxygen atoms in total. The lowest BCUT2D eigenvalue weighted by Gasteiger charge is -2.18. The lowest BCUT2D eigenvalue weighted by molar-refractivity contribution is 0.671. The van der Waals surface area contributed by atoms with Gasteiger partial charge in [-0.15, -0.1) is 0 Å². The topological polar surface area (TPSA) is 83.6 Å². The molecule has 3 aromatic heterocycles. The summed E-state index contributed by atoms with van der Waals surface area (Å²) < 4.78 is 0. The van der Waals surface area contributed by atoms with E-state index in [2.05, 4.69) is 31.3 Å². The fraction of sp³-hybridized carbons (Fsp3) is 0.333. The summed E-state index contributed by atoms with van der Waals surface area (Å²) in [7, 11) is 0. The Kier molecular flexibility index (Phi) is 5.23. The first-order valence-corrected chi connectivity index (χ1v) is 9.46. The minimum Gasteiger partial charge on any atom is -0.355 e. The first-order valence-electron chi connectivity index (χ1n) is 9.46. The molecule has 3 aromatic rings. The summed E-state index contributed by atoms with van der Waals surface area (Å²) >= 11 is 0. The zero-order valence-electron chi connectivity index (χ0n) is 15.2. The van der Waals surface area contributed by atoms with Crippen molar-refractivity contribution in [3.8, 4) is 0 Å². The third-order valence-corrected chi connectivity index (χ3v) is 5.01. The average Bonchev–Trinajstić information content (AvgIpc) is 2.71. The van der Waals surface area contributed by atoms with Gasteiger partial charge in [0.1, 0.15) is 0 Å². The SMILES string of the molecule is O=c1[nH]c(NCCc2nccc3c2CCCC3)ncc1Cc1cccnc1. The molecule has 0 fully saturated rings. The first-order chi connectivity index (χ1) is 13.3. The van der Waals surface area contributed by atoms with Gasteiger partial charge in [-0.2, -0.15) is 0 Å². The van der Waals surface area contributed by atoms with Crippen LogP contribution >= 0.6 is 0 Å². The number of nitrogens with one attached hydrogen (secondary N) is 2. The normalized spacial score (nSPS) is 13.2. The van der Waals surface area contributed by atoms with Gasteiger partial charge >= 0.3 is 0 Å².